The molecule has 18 heavy (non-hydrogen) atoms. The molecule has 3 heteroatoms. The summed E-state index contributed by atoms with van der Waals surface area (Å²) in [6.07, 6.45) is 1.84. The summed E-state index contributed by atoms with van der Waals surface area (Å²) < 4.78 is 5.33. The second kappa shape index (κ2) is 4.94. The van der Waals surface area contributed by atoms with E-state index in [2.05, 4.69) is 42.8 Å². The molecule has 0 amide bonds. The summed E-state index contributed by atoms with van der Waals surface area (Å²) in [5.41, 5.74) is 2.22. The van der Waals surface area contributed by atoms with Gasteiger partial charge in [0.1, 0.15) is 5.75 Å². The van der Waals surface area contributed by atoms with Crippen molar-refractivity contribution in [2.45, 2.75) is 19.6 Å². The van der Waals surface area contributed by atoms with Gasteiger partial charge in [0.2, 0.25) is 0 Å². The number of aromatic nitrogens is 1. The molecule has 1 aromatic heterocycles. The summed E-state index contributed by atoms with van der Waals surface area (Å²) in [7, 11) is 0.308. The van der Waals surface area contributed by atoms with Crippen molar-refractivity contribution in [1.29, 1.82) is 0 Å². The Morgan fingerprint density at radius 1 is 1.06 bits per heavy atom. The molecule has 0 atom stereocenters. The van der Waals surface area contributed by atoms with Crippen LogP contribution in [0.4, 0.5) is 0 Å². The van der Waals surface area contributed by atoms with Crippen molar-refractivity contribution in [1.82, 2.24) is 4.98 Å². The Bertz CT molecular complexity index is 532. The highest BCUT2D eigenvalue weighted by atomic mass is 28.3. The van der Waals surface area contributed by atoms with Crippen LogP contribution in [0, 0.1) is 0 Å². The third-order valence-electron chi connectivity index (χ3n) is 2.98. The van der Waals surface area contributed by atoms with Crippen molar-refractivity contribution >= 4 is 13.3 Å². The normalized spacial score (nSPS) is 11.3. The van der Waals surface area contributed by atoms with E-state index in [1.54, 1.807) is 7.11 Å². The second-order valence-corrected chi connectivity index (χ2v) is 10.4. The summed E-state index contributed by atoms with van der Waals surface area (Å²) >= 11 is 0. The standard InChI is InChI=1S/C15H19NOSi/c1-17-12-8-9-15(18(2,3)4)13(11-12)14-7-5-6-10-16-14/h5-11H,1-4H3. The number of rotatable bonds is 3. The zero-order valence-corrected chi connectivity index (χ0v) is 12.4. The first-order valence-corrected chi connectivity index (χ1v) is 9.62. The minimum Gasteiger partial charge on any atom is -0.497 e. The maximum Gasteiger partial charge on any atom is 0.119 e. The largest absolute Gasteiger partial charge is 0.497 e. The van der Waals surface area contributed by atoms with Crippen LogP contribution in [0.1, 0.15) is 0 Å². The first-order chi connectivity index (χ1) is 8.52. The van der Waals surface area contributed by atoms with Crippen molar-refractivity contribution in [3.8, 4) is 17.0 Å². The Kier molecular flexibility index (Phi) is 3.52. The van der Waals surface area contributed by atoms with E-state index in [1.807, 2.05) is 24.4 Å². The van der Waals surface area contributed by atoms with Crippen molar-refractivity contribution < 1.29 is 4.74 Å². The summed E-state index contributed by atoms with van der Waals surface area (Å²) in [6, 6.07) is 12.3. The van der Waals surface area contributed by atoms with Crippen molar-refractivity contribution in [3.05, 3.63) is 42.6 Å². The van der Waals surface area contributed by atoms with Crippen LogP contribution in [-0.2, 0) is 0 Å². The van der Waals surface area contributed by atoms with E-state index >= 15 is 0 Å². The highest BCUT2D eigenvalue weighted by molar-refractivity contribution is 6.89. The minimum atomic E-state index is -1.39. The van der Waals surface area contributed by atoms with Crippen LogP contribution >= 0.6 is 0 Å². The predicted molar refractivity (Wildman–Crippen MR) is 79.2 cm³/mol. The van der Waals surface area contributed by atoms with Crippen LogP contribution in [0.5, 0.6) is 5.75 Å². The Morgan fingerprint density at radius 2 is 1.83 bits per heavy atom. The molecule has 0 bridgehead atoms. The number of hydrogen-bond donors (Lipinski definition) is 0. The van der Waals surface area contributed by atoms with Crippen LogP contribution in [0.2, 0.25) is 19.6 Å². The van der Waals surface area contributed by atoms with Gasteiger partial charge in [0, 0.05) is 11.8 Å². The quantitative estimate of drug-likeness (QED) is 0.787. The molecule has 0 aliphatic rings. The molecule has 0 N–H and O–H groups in total. The smallest absolute Gasteiger partial charge is 0.119 e. The second-order valence-electron chi connectivity index (χ2n) is 5.38. The van der Waals surface area contributed by atoms with Gasteiger partial charge in [0.05, 0.1) is 20.9 Å². The third kappa shape index (κ3) is 2.62. The molecule has 2 aromatic rings. The van der Waals surface area contributed by atoms with Crippen molar-refractivity contribution in [2.75, 3.05) is 7.11 Å². The van der Waals surface area contributed by atoms with Crippen molar-refractivity contribution in [3.63, 3.8) is 0 Å². The highest BCUT2D eigenvalue weighted by Gasteiger charge is 2.21. The van der Waals surface area contributed by atoms with Crippen LogP contribution in [0.25, 0.3) is 11.3 Å². The van der Waals surface area contributed by atoms with Gasteiger partial charge in [-0.3, -0.25) is 4.98 Å². The van der Waals surface area contributed by atoms with Gasteiger partial charge < -0.3 is 4.74 Å². The fraction of sp³-hybridized carbons (Fsp3) is 0.267. The molecule has 0 fully saturated rings. The molecular formula is C15H19NOSi. The lowest BCUT2D eigenvalue weighted by molar-refractivity contribution is 0.415. The SMILES string of the molecule is COc1ccc([Si](C)(C)C)c(-c2ccccn2)c1. The van der Waals surface area contributed by atoms with E-state index in [9.17, 15) is 0 Å². The first-order valence-electron chi connectivity index (χ1n) is 6.12. The molecule has 2 nitrogen and oxygen atoms in total. The average molecular weight is 257 g/mol. The van der Waals surface area contributed by atoms with Crippen LogP contribution in [0.15, 0.2) is 42.6 Å². The van der Waals surface area contributed by atoms with Gasteiger partial charge in [-0.1, -0.05) is 37.0 Å². The number of nitrogens with zero attached hydrogens (tertiary/aromatic N) is 1. The van der Waals surface area contributed by atoms with Gasteiger partial charge in [0.25, 0.3) is 0 Å². The Balaban J connectivity index is 2.62. The summed E-state index contributed by atoms with van der Waals surface area (Å²) in [5.74, 6) is 0.887. The van der Waals surface area contributed by atoms with Gasteiger partial charge in [-0.25, -0.2) is 0 Å². The van der Waals surface area contributed by atoms with Crippen LogP contribution < -0.4 is 9.92 Å². The fourth-order valence-electron chi connectivity index (χ4n) is 2.04. The Morgan fingerprint density at radius 3 is 2.39 bits per heavy atom. The van der Waals surface area contributed by atoms with Gasteiger partial charge in [-0.05, 0) is 24.3 Å². The first kappa shape index (κ1) is 12.8. The topological polar surface area (TPSA) is 22.1 Å². The molecule has 0 saturated carbocycles. The lowest BCUT2D eigenvalue weighted by Crippen LogP contribution is -2.39. The lowest BCUT2D eigenvalue weighted by Gasteiger charge is -2.21. The maximum atomic E-state index is 5.33. The highest BCUT2D eigenvalue weighted by Crippen LogP contribution is 2.23. The number of ether oxygens (including phenoxy) is 1. The minimum absolute atomic E-state index is 0.887. The Labute approximate surface area is 110 Å². The van der Waals surface area contributed by atoms with E-state index < -0.39 is 8.07 Å². The van der Waals surface area contributed by atoms with Gasteiger partial charge in [-0.2, -0.15) is 0 Å². The summed E-state index contributed by atoms with van der Waals surface area (Å²) in [6.45, 7) is 7.05. The average Bonchev–Trinajstić information content (AvgIpc) is 2.38. The molecule has 0 aliphatic carbocycles. The molecule has 0 spiro atoms. The number of benzene rings is 1. The number of methoxy groups -OCH3 is 1. The zero-order valence-electron chi connectivity index (χ0n) is 11.4. The number of hydrogen-bond acceptors (Lipinski definition) is 2. The Hall–Kier alpha value is -1.61. The van der Waals surface area contributed by atoms with Gasteiger partial charge >= 0.3 is 0 Å². The van der Waals surface area contributed by atoms with Crippen LogP contribution in [0.3, 0.4) is 0 Å². The number of pyridine rings is 1. The van der Waals surface area contributed by atoms with Crippen LogP contribution in [-0.4, -0.2) is 20.2 Å². The summed E-state index contributed by atoms with van der Waals surface area (Å²) in [5, 5.41) is 1.42. The molecule has 0 unspecified atom stereocenters. The van der Waals surface area contributed by atoms with Gasteiger partial charge in [-0.15, -0.1) is 0 Å². The van der Waals surface area contributed by atoms with E-state index in [0.29, 0.717) is 0 Å². The maximum absolute atomic E-state index is 5.33. The molecule has 0 aliphatic heterocycles. The molecule has 0 saturated heterocycles. The molecule has 2 rings (SSSR count). The van der Waals surface area contributed by atoms with E-state index in [-0.39, 0.29) is 0 Å². The fourth-order valence-corrected chi connectivity index (χ4v) is 3.63. The van der Waals surface area contributed by atoms with Crippen molar-refractivity contribution in [2.24, 2.45) is 0 Å². The predicted octanol–water partition coefficient (Wildman–Crippen LogP) is 3.30. The van der Waals surface area contributed by atoms with Gasteiger partial charge in [0.15, 0.2) is 0 Å². The van der Waals surface area contributed by atoms with E-state index in [4.69, 9.17) is 4.74 Å². The molecule has 94 valence electrons. The molecule has 1 heterocycles. The van der Waals surface area contributed by atoms with E-state index in [0.717, 1.165) is 11.4 Å². The zero-order chi connectivity index (χ0) is 13.2. The molecular weight excluding hydrogens is 238 g/mol. The molecule has 0 radical (unpaired) electrons. The van der Waals surface area contributed by atoms with E-state index in [1.165, 1.54) is 10.8 Å². The summed E-state index contributed by atoms with van der Waals surface area (Å²) in [4.78, 5) is 4.47. The lowest BCUT2D eigenvalue weighted by atomic mass is 10.1. The third-order valence-corrected chi connectivity index (χ3v) is 5.03. The molecule has 1 aromatic carbocycles. The monoisotopic (exact) mass is 257 g/mol.